The molecule has 2 N–H and O–H groups in total. The zero-order chi connectivity index (χ0) is 24.2. The van der Waals surface area contributed by atoms with Gasteiger partial charge in [0.2, 0.25) is 11.8 Å². The van der Waals surface area contributed by atoms with Crippen molar-refractivity contribution in [2.24, 2.45) is 0 Å². The van der Waals surface area contributed by atoms with Crippen LogP contribution in [0.3, 0.4) is 0 Å². The summed E-state index contributed by atoms with van der Waals surface area (Å²) in [5.74, 6) is 0.607. The number of aromatic nitrogens is 2. The number of imide groups is 1. The van der Waals surface area contributed by atoms with Crippen molar-refractivity contribution in [3.8, 4) is 5.75 Å². The molecule has 1 unspecified atom stereocenters. The van der Waals surface area contributed by atoms with Gasteiger partial charge in [-0.3, -0.25) is 29.7 Å². The van der Waals surface area contributed by atoms with Crippen molar-refractivity contribution in [2.45, 2.75) is 69.6 Å². The first kappa shape index (κ1) is 23.4. The number of nitrogens with one attached hydrogen (secondary N) is 2. The van der Waals surface area contributed by atoms with Crippen LogP contribution in [0.2, 0.25) is 0 Å². The van der Waals surface area contributed by atoms with Crippen LogP contribution in [0.15, 0.2) is 36.8 Å². The maximum atomic E-state index is 12.6. The summed E-state index contributed by atoms with van der Waals surface area (Å²) in [6, 6.07) is 5.00. The molecule has 1 saturated carbocycles. The molecule has 0 bridgehead atoms. The number of hydrogen-bond acceptors (Lipinski definition) is 7. The summed E-state index contributed by atoms with van der Waals surface area (Å²) in [5.41, 5.74) is 2.63. The summed E-state index contributed by atoms with van der Waals surface area (Å²) in [4.78, 5) is 45.8. The van der Waals surface area contributed by atoms with E-state index in [-0.39, 0.29) is 30.2 Å². The SMILES string of the molecule is O=C1CCC(N2Cc3cc(OC4CCCCC4)ccc3C2=O)C(=O)N1.c1cnc(C2CNC2)cn1. The molecule has 4 aliphatic rings. The van der Waals surface area contributed by atoms with Gasteiger partial charge in [-0.15, -0.1) is 0 Å². The maximum absolute atomic E-state index is 12.6. The first-order chi connectivity index (χ1) is 17.1. The lowest BCUT2D eigenvalue weighted by atomic mass is 9.98. The number of hydrogen-bond donors (Lipinski definition) is 2. The summed E-state index contributed by atoms with van der Waals surface area (Å²) in [6.45, 7) is 2.50. The number of carbonyl (C=O) groups excluding carboxylic acids is 3. The maximum Gasteiger partial charge on any atom is 0.255 e. The van der Waals surface area contributed by atoms with E-state index in [1.807, 2.05) is 18.3 Å². The lowest BCUT2D eigenvalue weighted by Gasteiger charge is -2.29. The molecule has 6 rings (SSSR count). The van der Waals surface area contributed by atoms with Crippen molar-refractivity contribution in [2.75, 3.05) is 13.1 Å². The molecular formula is C26H31N5O4. The predicted molar refractivity (Wildman–Crippen MR) is 128 cm³/mol. The van der Waals surface area contributed by atoms with Gasteiger partial charge in [-0.25, -0.2) is 0 Å². The van der Waals surface area contributed by atoms with Crippen LogP contribution in [0, 0.1) is 0 Å². The molecule has 35 heavy (non-hydrogen) atoms. The van der Waals surface area contributed by atoms with E-state index in [0.29, 0.717) is 24.4 Å². The van der Waals surface area contributed by atoms with Crippen LogP contribution in [0.5, 0.6) is 5.75 Å². The first-order valence-corrected chi connectivity index (χ1v) is 12.5. The molecule has 9 heteroatoms. The Kier molecular flexibility index (Phi) is 7.03. The average Bonchev–Trinajstić information content (AvgIpc) is 3.15. The standard InChI is InChI=1S/C19H22N2O4.C7H9N3/c22-17-9-8-16(18(23)20-17)21-11-12-10-14(6-7-15(12)19(21)24)25-13-4-2-1-3-5-13;1-2-10-7(5-8-1)6-3-9-4-6/h6-7,10,13,16H,1-5,8-9,11H2,(H,20,22,23);1-2,5-6,9H,3-4H2. The fraction of sp³-hybridized carbons (Fsp3) is 0.500. The van der Waals surface area contributed by atoms with Crippen molar-refractivity contribution < 1.29 is 19.1 Å². The molecule has 3 aliphatic heterocycles. The summed E-state index contributed by atoms with van der Waals surface area (Å²) in [5, 5.41) is 5.51. The highest BCUT2D eigenvalue weighted by Gasteiger charge is 2.39. The second-order valence-electron chi connectivity index (χ2n) is 9.58. The van der Waals surface area contributed by atoms with Gasteiger partial charge in [0.15, 0.2) is 0 Å². The predicted octanol–water partition coefficient (Wildman–Crippen LogP) is 2.32. The van der Waals surface area contributed by atoms with E-state index >= 15 is 0 Å². The number of benzene rings is 1. The molecule has 1 aromatic carbocycles. The van der Waals surface area contributed by atoms with Crippen LogP contribution in [-0.2, 0) is 16.1 Å². The molecule has 3 amide bonds. The molecule has 0 radical (unpaired) electrons. The summed E-state index contributed by atoms with van der Waals surface area (Å²) < 4.78 is 6.08. The average molecular weight is 478 g/mol. The Balaban J connectivity index is 0.000000211. The van der Waals surface area contributed by atoms with Crippen molar-refractivity contribution in [3.63, 3.8) is 0 Å². The number of amides is 3. The highest BCUT2D eigenvalue weighted by Crippen LogP contribution is 2.31. The number of nitrogens with zero attached hydrogens (tertiary/aromatic N) is 3. The van der Waals surface area contributed by atoms with E-state index in [2.05, 4.69) is 20.6 Å². The largest absolute Gasteiger partial charge is 0.490 e. The molecule has 4 heterocycles. The normalized spacial score (nSPS) is 22.6. The van der Waals surface area contributed by atoms with Crippen molar-refractivity contribution in [1.29, 1.82) is 0 Å². The lowest BCUT2D eigenvalue weighted by molar-refractivity contribution is -0.136. The van der Waals surface area contributed by atoms with Gasteiger partial charge in [-0.1, -0.05) is 6.42 Å². The quantitative estimate of drug-likeness (QED) is 0.650. The first-order valence-electron chi connectivity index (χ1n) is 12.5. The van der Waals surface area contributed by atoms with E-state index in [4.69, 9.17) is 4.74 Å². The van der Waals surface area contributed by atoms with Crippen LogP contribution >= 0.6 is 0 Å². The highest BCUT2D eigenvalue weighted by molar-refractivity contribution is 6.05. The van der Waals surface area contributed by atoms with E-state index < -0.39 is 6.04 Å². The van der Waals surface area contributed by atoms with E-state index in [0.717, 1.165) is 42.9 Å². The van der Waals surface area contributed by atoms with Gasteiger partial charge >= 0.3 is 0 Å². The summed E-state index contributed by atoms with van der Waals surface area (Å²) in [6.07, 6.45) is 12.1. The van der Waals surface area contributed by atoms with Gasteiger partial charge in [-0.05, 0) is 55.9 Å². The van der Waals surface area contributed by atoms with Crippen LogP contribution in [0.4, 0.5) is 0 Å². The molecule has 184 valence electrons. The molecule has 0 spiro atoms. The summed E-state index contributed by atoms with van der Waals surface area (Å²) >= 11 is 0. The number of piperidine rings is 1. The van der Waals surface area contributed by atoms with Gasteiger partial charge in [0.25, 0.3) is 5.91 Å². The Labute approximate surface area is 204 Å². The van der Waals surface area contributed by atoms with Gasteiger partial charge < -0.3 is 15.0 Å². The molecule has 9 nitrogen and oxygen atoms in total. The van der Waals surface area contributed by atoms with Crippen LogP contribution < -0.4 is 15.4 Å². The van der Waals surface area contributed by atoms with Crippen LogP contribution in [0.1, 0.15) is 72.5 Å². The van der Waals surface area contributed by atoms with E-state index in [9.17, 15) is 14.4 Å². The Morgan fingerprint density at radius 2 is 1.83 bits per heavy atom. The molecular weight excluding hydrogens is 446 g/mol. The fourth-order valence-electron chi connectivity index (χ4n) is 5.02. The molecule has 2 saturated heterocycles. The number of carbonyl (C=O) groups is 3. The van der Waals surface area contributed by atoms with Crippen molar-refractivity contribution in [3.05, 3.63) is 53.6 Å². The fourth-order valence-corrected chi connectivity index (χ4v) is 5.02. The molecule has 1 atom stereocenters. The lowest BCUT2D eigenvalue weighted by Crippen LogP contribution is -2.52. The Morgan fingerprint density at radius 3 is 2.51 bits per heavy atom. The number of fused-ring (bicyclic) bond motifs is 1. The third kappa shape index (κ3) is 5.35. The molecule has 2 aromatic rings. The molecule has 1 aromatic heterocycles. The minimum Gasteiger partial charge on any atom is -0.490 e. The monoisotopic (exact) mass is 477 g/mol. The van der Waals surface area contributed by atoms with Gasteiger partial charge in [0.1, 0.15) is 11.8 Å². The highest BCUT2D eigenvalue weighted by atomic mass is 16.5. The summed E-state index contributed by atoms with van der Waals surface area (Å²) in [7, 11) is 0. The molecule has 1 aliphatic carbocycles. The van der Waals surface area contributed by atoms with Crippen LogP contribution in [-0.4, -0.2) is 57.8 Å². The minimum absolute atomic E-state index is 0.145. The Morgan fingerprint density at radius 1 is 1.00 bits per heavy atom. The van der Waals surface area contributed by atoms with Gasteiger partial charge in [0.05, 0.1) is 11.8 Å². The zero-order valence-corrected chi connectivity index (χ0v) is 19.7. The number of rotatable bonds is 4. The zero-order valence-electron chi connectivity index (χ0n) is 19.7. The van der Waals surface area contributed by atoms with Gasteiger partial charge in [0, 0.05) is 56.1 Å². The van der Waals surface area contributed by atoms with E-state index in [1.54, 1.807) is 23.4 Å². The second kappa shape index (κ2) is 10.5. The second-order valence-corrected chi connectivity index (χ2v) is 9.58. The minimum atomic E-state index is -0.569. The van der Waals surface area contributed by atoms with Gasteiger partial charge in [-0.2, -0.15) is 0 Å². The smallest absolute Gasteiger partial charge is 0.255 e. The van der Waals surface area contributed by atoms with Crippen molar-refractivity contribution >= 4 is 17.7 Å². The number of ether oxygens (including phenoxy) is 1. The Bertz CT molecular complexity index is 1080. The third-order valence-corrected chi connectivity index (χ3v) is 7.13. The molecule has 3 fully saturated rings. The third-order valence-electron chi connectivity index (χ3n) is 7.13. The van der Waals surface area contributed by atoms with Crippen LogP contribution in [0.25, 0.3) is 0 Å². The Hall–Kier alpha value is -3.33. The van der Waals surface area contributed by atoms with Crippen molar-refractivity contribution in [1.82, 2.24) is 25.5 Å². The van der Waals surface area contributed by atoms with E-state index in [1.165, 1.54) is 19.3 Å². The topological polar surface area (TPSA) is 114 Å².